The van der Waals surface area contributed by atoms with Crippen LogP contribution in [0.15, 0.2) is 22.7 Å². The van der Waals surface area contributed by atoms with E-state index in [1.54, 1.807) is 12.1 Å². The first-order chi connectivity index (χ1) is 7.09. The van der Waals surface area contributed by atoms with Crippen LogP contribution in [0.25, 0.3) is 0 Å². The molecule has 0 saturated heterocycles. The van der Waals surface area contributed by atoms with Crippen molar-refractivity contribution in [3.05, 3.63) is 38.3 Å². The van der Waals surface area contributed by atoms with E-state index < -0.39 is 4.92 Å². The number of benzene rings is 1. The van der Waals surface area contributed by atoms with Crippen LogP contribution in [0.3, 0.4) is 0 Å². The van der Waals surface area contributed by atoms with Crippen molar-refractivity contribution in [2.75, 3.05) is 0 Å². The van der Waals surface area contributed by atoms with Crippen LogP contribution < -0.4 is 5.73 Å². The maximum Gasteiger partial charge on any atom is 0.283 e. The fourth-order valence-electron chi connectivity index (χ4n) is 1.60. The standard InChI is InChI=1S/C10H11BrN2O2/c11-8-4-3-7(5-9(8)13(14)15)10(12)6-1-2-6/h3-6,10H,1-2,12H2/t10-/m0/s1. The molecule has 0 amide bonds. The van der Waals surface area contributed by atoms with E-state index in [0.717, 1.165) is 18.4 Å². The predicted octanol–water partition coefficient (Wildman–Crippen LogP) is 2.77. The molecule has 1 fully saturated rings. The number of hydrogen-bond donors (Lipinski definition) is 1. The lowest BCUT2D eigenvalue weighted by atomic mass is 10.0. The van der Waals surface area contributed by atoms with Gasteiger partial charge in [0.15, 0.2) is 0 Å². The van der Waals surface area contributed by atoms with E-state index >= 15 is 0 Å². The molecule has 1 aromatic rings. The van der Waals surface area contributed by atoms with Crippen molar-refractivity contribution in [2.45, 2.75) is 18.9 Å². The average Bonchev–Trinajstić information content (AvgIpc) is 3.00. The number of nitrogens with two attached hydrogens (primary N) is 1. The lowest BCUT2D eigenvalue weighted by molar-refractivity contribution is -0.385. The van der Waals surface area contributed by atoms with Crippen LogP contribution in [0.4, 0.5) is 5.69 Å². The summed E-state index contributed by atoms with van der Waals surface area (Å²) in [5.74, 6) is 0.505. The number of rotatable bonds is 3. The fourth-order valence-corrected chi connectivity index (χ4v) is 2.00. The number of hydrogen-bond acceptors (Lipinski definition) is 3. The third-order valence-electron chi connectivity index (χ3n) is 2.68. The molecule has 1 atom stereocenters. The SMILES string of the molecule is N[C@H](c1ccc(Br)c([N+](=O)[O-])c1)C1CC1. The van der Waals surface area contributed by atoms with Crippen LogP contribution in [0, 0.1) is 16.0 Å². The zero-order chi connectivity index (χ0) is 11.0. The first-order valence-electron chi connectivity index (χ1n) is 4.79. The van der Waals surface area contributed by atoms with Crippen molar-refractivity contribution in [3.63, 3.8) is 0 Å². The second kappa shape index (κ2) is 3.90. The second-order valence-corrected chi connectivity index (χ2v) is 4.69. The molecule has 4 nitrogen and oxygen atoms in total. The topological polar surface area (TPSA) is 69.2 Å². The van der Waals surface area contributed by atoms with Crippen LogP contribution in [0.2, 0.25) is 0 Å². The summed E-state index contributed by atoms with van der Waals surface area (Å²) < 4.78 is 0.499. The van der Waals surface area contributed by atoms with Crippen molar-refractivity contribution in [1.29, 1.82) is 0 Å². The minimum Gasteiger partial charge on any atom is -0.324 e. The van der Waals surface area contributed by atoms with Gasteiger partial charge in [0, 0.05) is 12.1 Å². The molecular formula is C10H11BrN2O2. The summed E-state index contributed by atoms with van der Waals surface area (Å²) in [7, 11) is 0. The summed E-state index contributed by atoms with van der Waals surface area (Å²) in [5, 5.41) is 10.7. The van der Waals surface area contributed by atoms with Crippen molar-refractivity contribution in [1.82, 2.24) is 0 Å². The van der Waals surface area contributed by atoms with Crippen LogP contribution >= 0.6 is 15.9 Å². The molecular weight excluding hydrogens is 260 g/mol. The third-order valence-corrected chi connectivity index (χ3v) is 3.35. The number of halogens is 1. The quantitative estimate of drug-likeness (QED) is 0.678. The summed E-state index contributed by atoms with van der Waals surface area (Å²) >= 11 is 3.15. The largest absolute Gasteiger partial charge is 0.324 e. The van der Waals surface area contributed by atoms with Gasteiger partial charge in [-0.2, -0.15) is 0 Å². The van der Waals surface area contributed by atoms with Crippen LogP contribution in [-0.4, -0.2) is 4.92 Å². The Kier molecular flexibility index (Phi) is 2.75. The molecule has 1 aromatic carbocycles. The molecule has 80 valence electrons. The van der Waals surface area contributed by atoms with E-state index in [2.05, 4.69) is 15.9 Å². The molecule has 2 rings (SSSR count). The van der Waals surface area contributed by atoms with E-state index in [0.29, 0.717) is 10.4 Å². The Morgan fingerprint density at radius 2 is 2.20 bits per heavy atom. The first-order valence-corrected chi connectivity index (χ1v) is 5.58. The van der Waals surface area contributed by atoms with Gasteiger partial charge in [0.05, 0.1) is 9.40 Å². The highest BCUT2D eigenvalue weighted by molar-refractivity contribution is 9.10. The summed E-state index contributed by atoms with van der Waals surface area (Å²) in [5.41, 5.74) is 6.92. The van der Waals surface area contributed by atoms with E-state index in [4.69, 9.17) is 5.73 Å². The summed E-state index contributed by atoms with van der Waals surface area (Å²) in [6.45, 7) is 0. The maximum absolute atomic E-state index is 10.7. The van der Waals surface area contributed by atoms with Gasteiger partial charge in [-0.25, -0.2) is 0 Å². The monoisotopic (exact) mass is 270 g/mol. The van der Waals surface area contributed by atoms with Crippen molar-refractivity contribution < 1.29 is 4.92 Å². The molecule has 0 radical (unpaired) electrons. The van der Waals surface area contributed by atoms with Gasteiger partial charge in [-0.15, -0.1) is 0 Å². The summed E-state index contributed by atoms with van der Waals surface area (Å²) in [6, 6.07) is 5.04. The molecule has 0 bridgehead atoms. The molecule has 0 aliphatic heterocycles. The first kappa shape index (κ1) is 10.6. The number of nitro groups is 1. The number of nitrogens with zero attached hydrogens (tertiary/aromatic N) is 1. The minimum absolute atomic E-state index is 0.0585. The Labute approximate surface area is 95.7 Å². The van der Waals surface area contributed by atoms with Gasteiger partial charge in [0.2, 0.25) is 0 Å². The third kappa shape index (κ3) is 2.18. The Morgan fingerprint density at radius 3 is 2.73 bits per heavy atom. The Bertz CT molecular complexity index is 404. The van der Waals surface area contributed by atoms with Crippen LogP contribution in [0.5, 0.6) is 0 Å². The Balaban J connectivity index is 2.32. The molecule has 1 saturated carbocycles. The maximum atomic E-state index is 10.7. The molecule has 1 aliphatic carbocycles. The van der Waals surface area contributed by atoms with Gasteiger partial charge in [-0.05, 0) is 46.3 Å². The molecule has 0 aromatic heterocycles. The van der Waals surface area contributed by atoms with E-state index in [9.17, 15) is 10.1 Å². The summed E-state index contributed by atoms with van der Waals surface area (Å²) in [6.07, 6.45) is 2.26. The highest BCUT2D eigenvalue weighted by Gasteiger charge is 2.30. The van der Waals surface area contributed by atoms with Crippen LogP contribution in [0.1, 0.15) is 24.4 Å². The van der Waals surface area contributed by atoms with Crippen molar-refractivity contribution in [3.8, 4) is 0 Å². The smallest absolute Gasteiger partial charge is 0.283 e. The van der Waals surface area contributed by atoms with Gasteiger partial charge in [0.25, 0.3) is 5.69 Å². The molecule has 1 aliphatic rings. The molecule has 2 N–H and O–H groups in total. The van der Waals surface area contributed by atoms with Crippen molar-refractivity contribution >= 4 is 21.6 Å². The van der Waals surface area contributed by atoms with E-state index in [1.807, 2.05) is 6.07 Å². The fraction of sp³-hybridized carbons (Fsp3) is 0.400. The Morgan fingerprint density at radius 1 is 1.53 bits per heavy atom. The van der Waals surface area contributed by atoms with Gasteiger partial charge in [-0.3, -0.25) is 10.1 Å². The van der Waals surface area contributed by atoms with Gasteiger partial charge < -0.3 is 5.73 Å². The highest BCUT2D eigenvalue weighted by Crippen LogP contribution is 2.40. The van der Waals surface area contributed by atoms with Crippen molar-refractivity contribution in [2.24, 2.45) is 11.7 Å². The number of nitro benzene ring substituents is 1. The van der Waals surface area contributed by atoms with Crippen LogP contribution in [-0.2, 0) is 0 Å². The van der Waals surface area contributed by atoms with Gasteiger partial charge in [-0.1, -0.05) is 6.07 Å². The van der Waals surface area contributed by atoms with E-state index in [1.165, 1.54) is 0 Å². The molecule has 0 heterocycles. The lowest BCUT2D eigenvalue weighted by Crippen LogP contribution is -2.12. The highest BCUT2D eigenvalue weighted by atomic mass is 79.9. The minimum atomic E-state index is -0.396. The predicted molar refractivity (Wildman–Crippen MR) is 60.4 cm³/mol. The molecule has 5 heteroatoms. The Hall–Kier alpha value is -0.940. The molecule has 0 spiro atoms. The van der Waals surface area contributed by atoms with E-state index in [-0.39, 0.29) is 11.7 Å². The zero-order valence-corrected chi connectivity index (χ0v) is 9.61. The molecule has 15 heavy (non-hydrogen) atoms. The zero-order valence-electron chi connectivity index (χ0n) is 8.02. The lowest BCUT2D eigenvalue weighted by Gasteiger charge is -2.10. The second-order valence-electron chi connectivity index (χ2n) is 3.83. The average molecular weight is 271 g/mol. The summed E-state index contributed by atoms with van der Waals surface area (Å²) in [4.78, 5) is 10.3. The van der Waals surface area contributed by atoms with Gasteiger partial charge in [0.1, 0.15) is 0 Å². The van der Waals surface area contributed by atoms with Gasteiger partial charge >= 0.3 is 0 Å². The normalized spacial score (nSPS) is 17.5. The molecule has 0 unspecified atom stereocenters.